The molecule has 50 valence electrons. The van der Waals surface area contributed by atoms with E-state index in [4.69, 9.17) is 4.19 Å². The summed E-state index contributed by atoms with van der Waals surface area (Å²) in [5.74, 6) is 0. The van der Waals surface area contributed by atoms with E-state index in [1.165, 1.54) is 0 Å². The zero-order valence-corrected chi connectivity index (χ0v) is 6.36. The predicted octanol–water partition coefficient (Wildman–Crippen LogP) is -0.844. The second-order valence-corrected chi connectivity index (χ2v) is 3.60. The van der Waals surface area contributed by atoms with Crippen molar-refractivity contribution < 1.29 is 8.02 Å². The zero-order chi connectivity index (χ0) is 6.69. The van der Waals surface area contributed by atoms with Gasteiger partial charge < -0.3 is 0 Å². The summed E-state index contributed by atoms with van der Waals surface area (Å²) in [5, 5.41) is 0. The first-order valence-electron chi connectivity index (χ1n) is 2.46. The maximum absolute atomic E-state index is 10.4. The van der Waals surface area contributed by atoms with Gasteiger partial charge in [-0.3, -0.25) is 0 Å². The van der Waals surface area contributed by atoms with Crippen molar-refractivity contribution in [2.75, 3.05) is 0 Å². The summed E-state index contributed by atoms with van der Waals surface area (Å²) in [5.41, 5.74) is 0. The summed E-state index contributed by atoms with van der Waals surface area (Å²) >= 11 is -2.66. The van der Waals surface area contributed by atoms with E-state index in [2.05, 4.69) is 0 Å². The third-order valence-corrected chi connectivity index (χ3v) is 2.36. The summed E-state index contributed by atoms with van der Waals surface area (Å²) in [6.07, 6.45) is 0. The van der Waals surface area contributed by atoms with Gasteiger partial charge in [0.15, 0.2) is 0 Å². The average Bonchev–Trinajstić information content (AvgIpc) is 1.90. The molecule has 0 spiro atoms. The molecule has 0 fully saturated rings. The SMILES string of the molecule is O=[Se](O)c1ccccc1.[NaH]. The van der Waals surface area contributed by atoms with Gasteiger partial charge >= 0.3 is 86.5 Å². The fourth-order valence-electron chi connectivity index (χ4n) is 0.537. The van der Waals surface area contributed by atoms with Crippen molar-refractivity contribution in [3.05, 3.63) is 30.3 Å². The van der Waals surface area contributed by atoms with Crippen LogP contribution in [0.4, 0.5) is 0 Å². The van der Waals surface area contributed by atoms with Crippen molar-refractivity contribution in [1.82, 2.24) is 0 Å². The van der Waals surface area contributed by atoms with Crippen molar-refractivity contribution in [3.63, 3.8) is 0 Å². The van der Waals surface area contributed by atoms with Crippen LogP contribution in [0.25, 0.3) is 0 Å². The van der Waals surface area contributed by atoms with Gasteiger partial charge in [0.25, 0.3) is 0 Å². The maximum atomic E-state index is 10.4. The molecule has 0 saturated carbocycles. The van der Waals surface area contributed by atoms with Crippen LogP contribution >= 0.6 is 0 Å². The molecule has 0 aliphatic carbocycles. The van der Waals surface area contributed by atoms with Crippen molar-refractivity contribution in [1.29, 1.82) is 0 Å². The Balaban J connectivity index is 0.000000810. The Bertz CT molecular complexity index is 212. The van der Waals surface area contributed by atoms with E-state index in [9.17, 15) is 3.83 Å². The number of hydrogen-bond donors (Lipinski definition) is 1. The Kier molecular flexibility index (Phi) is 5.45. The monoisotopic (exact) mass is 214 g/mol. The molecule has 0 heterocycles. The summed E-state index contributed by atoms with van der Waals surface area (Å²) in [6.45, 7) is 0. The van der Waals surface area contributed by atoms with E-state index in [0.717, 1.165) is 0 Å². The molecule has 10 heavy (non-hydrogen) atoms. The number of rotatable bonds is 1. The van der Waals surface area contributed by atoms with Crippen LogP contribution in [0, 0.1) is 0 Å². The van der Waals surface area contributed by atoms with Crippen molar-refractivity contribution >= 4 is 48.2 Å². The van der Waals surface area contributed by atoms with Crippen LogP contribution in [0.1, 0.15) is 0 Å². The molecule has 1 atom stereocenters. The van der Waals surface area contributed by atoms with Crippen LogP contribution < -0.4 is 4.46 Å². The molecule has 1 N–H and O–H groups in total. The van der Waals surface area contributed by atoms with Gasteiger partial charge in [-0.2, -0.15) is 0 Å². The molecular formula is C6H7NaO2Se. The molecule has 1 aromatic rings. The first kappa shape index (κ1) is 10.5. The van der Waals surface area contributed by atoms with E-state index >= 15 is 0 Å². The fourth-order valence-corrected chi connectivity index (χ4v) is 1.36. The van der Waals surface area contributed by atoms with Gasteiger partial charge in [-0.05, 0) is 0 Å². The summed E-state index contributed by atoms with van der Waals surface area (Å²) in [7, 11) is 0. The third kappa shape index (κ3) is 3.06. The molecule has 0 aliphatic heterocycles. The minimum absolute atomic E-state index is 0. The van der Waals surface area contributed by atoms with E-state index in [0.29, 0.717) is 4.46 Å². The van der Waals surface area contributed by atoms with E-state index < -0.39 is 14.2 Å². The first-order chi connectivity index (χ1) is 4.30. The zero-order valence-electron chi connectivity index (χ0n) is 4.65. The van der Waals surface area contributed by atoms with E-state index in [-0.39, 0.29) is 29.6 Å². The quantitative estimate of drug-likeness (QED) is 0.617. The van der Waals surface area contributed by atoms with Gasteiger partial charge in [0, 0.05) is 0 Å². The second kappa shape index (κ2) is 5.19. The van der Waals surface area contributed by atoms with Gasteiger partial charge in [0.05, 0.1) is 0 Å². The molecule has 0 bridgehead atoms. The molecule has 1 aromatic carbocycles. The van der Waals surface area contributed by atoms with Gasteiger partial charge in [0.1, 0.15) is 0 Å². The normalized spacial score (nSPS) is 11.7. The average molecular weight is 213 g/mol. The third-order valence-electron chi connectivity index (χ3n) is 0.945. The van der Waals surface area contributed by atoms with Crippen LogP contribution in [0.2, 0.25) is 0 Å². The first-order valence-corrected chi connectivity index (χ1v) is 4.79. The Morgan fingerprint density at radius 1 is 1.20 bits per heavy atom. The Labute approximate surface area is 86.0 Å². The van der Waals surface area contributed by atoms with Gasteiger partial charge in [-0.1, -0.05) is 0 Å². The number of benzene rings is 1. The summed E-state index contributed by atoms with van der Waals surface area (Å²) in [6, 6.07) is 8.62. The molecule has 1 unspecified atom stereocenters. The topological polar surface area (TPSA) is 37.3 Å². The van der Waals surface area contributed by atoms with E-state index in [1.54, 1.807) is 24.3 Å². The second-order valence-electron chi connectivity index (χ2n) is 1.56. The molecule has 0 amide bonds. The molecule has 0 aliphatic rings. The Morgan fingerprint density at radius 2 is 1.70 bits per heavy atom. The Hall–Kier alpha value is 0.499. The summed E-state index contributed by atoms with van der Waals surface area (Å²) < 4.78 is 19.5. The molecule has 2 nitrogen and oxygen atoms in total. The van der Waals surface area contributed by atoms with Gasteiger partial charge in [0.2, 0.25) is 0 Å². The molecule has 4 heteroatoms. The molecule has 0 saturated heterocycles. The van der Waals surface area contributed by atoms with Crippen LogP contribution in [-0.4, -0.2) is 47.9 Å². The Morgan fingerprint density at radius 3 is 2.00 bits per heavy atom. The minimum atomic E-state index is -2.66. The number of hydrogen-bond acceptors (Lipinski definition) is 1. The standard InChI is InChI=1S/C6H6O2Se.Na.H/c7-9(8)6-4-2-1-3-5-6;;/h1-5H,(H,7,8);;. The molecule has 0 aromatic heterocycles. The summed E-state index contributed by atoms with van der Waals surface area (Å²) in [4.78, 5) is 0. The van der Waals surface area contributed by atoms with Crippen LogP contribution in [0.3, 0.4) is 0 Å². The van der Waals surface area contributed by atoms with Crippen LogP contribution in [0.15, 0.2) is 30.3 Å². The van der Waals surface area contributed by atoms with Crippen LogP contribution in [-0.2, 0) is 3.83 Å². The van der Waals surface area contributed by atoms with E-state index in [1.807, 2.05) is 6.07 Å². The van der Waals surface area contributed by atoms with Crippen molar-refractivity contribution in [2.45, 2.75) is 0 Å². The molecule has 0 radical (unpaired) electrons. The fraction of sp³-hybridized carbons (Fsp3) is 0. The molecular weight excluding hydrogens is 206 g/mol. The predicted molar refractivity (Wildman–Crippen MR) is 41.9 cm³/mol. The van der Waals surface area contributed by atoms with Crippen molar-refractivity contribution in [2.24, 2.45) is 0 Å². The molecule has 1 rings (SSSR count). The van der Waals surface area contributed by atoms with Gasteiger partial charge in [-0.15, -0.1) is 0 Å². The van der Waals surface area contributed by atoms with Gasteiger partial charge in [-0.25, -0.2) is 0 Å². The van der Waals surface area contributed by atoms with Crippen LogP contribution in [0.5, 0.6) is 0 Å². The van der Waals surface area contributed by atoms with Crippen molar-refractivity contribution in [3.8, 4) is 0 Å².